The van der Waals surface area contributed by atoms with E-state index in [0.29, 0.717) is 28.7 Å². The van der Waals surface area contributed by atoms with Crippen LogP contribution >= 0.6 is 12.2 Å². The second kappa shape index (κ2) is 7.73. The van der Waals surface area contributed by atoms with E-state index in [1.807, 2.05) is 43.3 Å². The molecular formula is C19H18N4O4S. The van der Waals surface area contributed by atoms with Crippen LogP contribution in [0, 0.1) is 11.7 Å². The molecule has 3 aromatic rings. The molecule has 0 atom stereocenters. The van der Waals surface area contributed by atoms with Gasteiger partial charge in [-0.2, -0.15) is 14.9 Å². The Hall–Kier alpha value is -3.33. The Balaban J connectivity index is 1.48. The third kappa shape index (κ3) is 3.70. The van der Waals surface area contributed by atoms with Gasteiger partial charge in [-0.15, -0.1) is 0 Å². The van der Waals surface area contributed by atoms with Crippen molar-refractivity contribution in [2.24, 2.45) is 5.10 Å². The van der Waals surface area contributed by atoms with Crippen LogP contribution in [0.4, 0.5) is 0 Å². The summed E-state index contributed by atoms with van der Waals surface area (Å²) >= 11 is 5.14. The first-order chi connectivity index (χ1) is 13.6. The van der Waals surface area contributed by atoms with Crippen LogP contribution in [0.5, 0.6) is 23.0 Å². The number of nitrogens with one attached hydrogen (secondary N) is 1. The number of rotatable bonds is 6. The van der Waals surface area contributed by atoms with Crippen LogP contribution < -0.4 is 18.9 Å². The van der Waals surface area contributed by atoms with Gasteiger partial charge in [-0.3, -0.25) is 5.10 Å². The van der Waals surface area contributed by atoms with E-state index in [0.717, 1.165) is 22.6 Å². The second-order valence-electron chi connectivity index (χ2n) is 6.02. The van der Waals surface area contributed by atoms with E-state index in [2.05, 4.69) is 15.3 Å². The minimum atomic E-state index is 0.250. The summed E-state index contributed by atoms with van der Waals surface area (Å²) in [5.41, 5.74) is 1.82. The van der Waals surface area contributed by atoms with Crippen molar-refractivity contribution in [3.05, 3.63) is 58.1 Å². The number of ether oxygens (including phenoxy) is 4. The summed E-state index contributed by atoms with van der Waals surface area (Å²) < 4.78 is 24.1. The lowest BCUT2D eigenvalue weighted by molar-refractivity contribution is 0.174. The number of aromatic nitrogens is 3. The predicted octanol–water partition coefficient (Wildman–Crippen LogP) is 3.45. The first kappa shape index (κ1) is 18.1. The summed E-state index contributed by atoms with van der Waals surface area (Å²) in [6, 6.07) is 11.3. The summed E-state index contributed by atoms with van der Waals surface area (Å²) in [6.45, 7) is 2.45. The van der Waals surface area contributed by atoms with E-state index in [1.54, 1.807) is 18.0 Å². The second-order valence-corrected chi connectivity index (χ2v) is 6.41. The molecule has 0 aliphatic carbocycles. The topological polar surface area (TPSA) is 82.9 Å². The highest BCUT2D eigenvalue weighted by molar-refractivity contribution is 7.71. The summed E-state index contributed by atoms with van der Waals surface area (Å²) in [5.74, 6) is 3.40. The van der Waals surface area contributed by atoms with Gasteiger partial charge in [0.25, 0.3) is 0 Å². The molecule has 0 unspecified atom stereocenters. The molecule has 1 aliphatic heterocycles. The fourth-order valence-corrected chi connectivity index (χ4v) is 2.93. The molecule has 8 nitrogen and oxygen atoms in total. The highest BCUT2D eigenvalue weighted by atomic mass is 32.1. The lowest BCUT2D eigenvalue weighted by Crippen LogP contribution is -1.99. The predicted molar refractivity (Wildman–Crippen MR) is 105 cm³/mol. The largest absolute Gasteiger partial charge is 0.493 e. The van der Waals surface area contributed by atoms with E-state index >= 15 is 0 Å². The molecule has 144 valence electrons. The Morgan fingerprint density at radius 2 is 2.07 bits per heavy atom. The van der Waals surface area contributed by atoms with Crippen LogP contribution in [0.3, 0.4) is 0 Å². The van der Waals surface area contributed by atoms with Gasteiger partial charge in [0.1, 0.15) is 12.4 Å². The van der Waals surface area contributed by atoms with Gasteiger partial charge in [-0.05, 0) is 60.6 Å². The number of H-pyrrole nitrogens is 1. The Morgan fingerprint density at radius 1 is 1.21 bits per heavy atom. The summed E-state index contributed by atoms with van der Waals surface area (Å²) in [7, 11) is 1.60. The maximum absolute atomic E-state index is 5.91. The number of benzene rings is 2. The molecule has 9 heteroatoms. The van der Waals surface area contributed by atoms with Crippen molar-refractivity contribution >= 4 is 18.4 Å². The minimum absolute atomic E-state index is 0.250. The van der Waals surface area contributed by atoms with Crippen molar-refractivity contribution in [1.82, 2.24) is 14.9 Å². The molecule has 2 heterocycles. The van der Waals surface area contributed by atoms with Crippen molar-refractivity contribution in [1.29, 1.82) is 0 Å². The maximum Gasteiger partial charge on any atom is 0.231 e. The Morgan fingerprint density at radius 3 is 2.86 bits per heavy atom. The average molecular weight is 398 g/mol. The van der Waals surface area contributed by atoms with Gasteiger partial charge in [0.2, 0.25) is 11.6 Å². The smallest absolute Gasteiger partial charge is 0.231 e. The van der Waals surface area contributed by atoms with E-state index in [1.165, 1.54) is 0 Å². The molecule has 4 rings (SSSR count). The number of aryl methyl sites for hydroxylation is 1. The Kier molecular flexibility index (Phi) is 4.98. The number of methoxy groups -OCH3 is 1. The first-order valence-electron chi connectivity index (χ1n) is 8.52. The zero-order valence-electron chi connectivity index (χ0n) is 15.3. The third-order valence-corrected chi connectivity index (χ3v) is 4.42. The molecule has 1 aliphatic rings. The van der Waals surface area contributed by atoms with Crippen molar-refractivity contribution in [2.45, 2.75) is 13.5 Å². The fraction of sp³-hybridized carbons (Fsp3) is 0.211. The van der Waals surface area contributed by atoms with Crippen LogP contribution in [0.15, 0.2) is 41.5 Å². The summed E-state index contributed by atoms with van der Waals surface area (Å²) in [5, 5.41) is 11.1. The molecule has 28 heavy (non-hydrogen) atoms. The molecule has 0 fully saturated rings. The van der Waals surface area contributed by atoms with Crippen LogP contribution in [0.2, 0.25) is 0 Å². The Labute approximate surface area is 166 Å². The average Bonchev–Trinajstić information content (AvgIpc) is 3.31. The van der Waals surface area contributed by atoms with Gasteiger partial charge < -0.3 is 18.9 Å². The van der Waals surface area contributed by atoms with Gasteiger partial charge >= 0.3 is 0 Å². The number of nitrogens with zero attached hydrogens (tertiary/aromatic N) is 3. The van der Waals surface area contributed by atoms with Gasteiger partial charge in [0.05, 0.1) is 13.3 Å². The van der Waals surface area contributed by atoms with Gasteiger partial charge in [-0.1, -0.05) is 6.07 Å². The molecule has 0 saturated carbocycles. The monoisotopic (exact) mass is 398 g/mol. The number of hydrogen-bond donors (Lipinski definition) is 1. The lowest BCUT2D eigenvalue weighted by atomic mass is 10.2. The molecule has 0 spiro atoms. The van der Waals surface area contributed by atoms with E-state index < -0.39 is 0 Å². The summed E-state index contributed by atoms with van der Waals surface area (Å²) in [4.78, 5) is 0. The minimum Gasteiger partial charge on any atom is -0.493 e. The van der Waals surface area contributed by atoms with Crippen molar-refractivity contribution < 1.29 is 18.9 Å². The van der Waals surface area contributed by atoms with Crippen LogP contribution in [-0.4, -0.2) is 35.0 Å². The number of aromatic amines is 1. The molecule has 1 N–H and O–H groups in total. The summed E-state index contributed by atoms with van der Waals surface area (Å²) in [6.07, 6.45) is 1.68. The van der Waals surface area contributed by atoms with Crippen molar-refractivity contribution in [3.8, 4) is 23.0 Å². The lowest BCUT2D eigenvalue weighted by Gasteiger charge is -2.11. The van der Waals surface area contributed by atoms with Gasteiger partial charge in [0, 0.05) is 0 Å². The molecule has 0 saturated heterocycles. The fourth-order valence-electron chi connectivity index (χ4n) is 2.71. The highest BCUT2D eigenvalue weighted by Gasteiger charge is 2.14. The van der Waals surface area contributed by atoms with Gasteiger partial charge in [-0.25, -0.2) is 0 Å². The van der Waals surface area contributed by atoms with Crippen LogP contribution in [0.25, 0.3) is 0 Å². The van der Waals surface area contributed by atoms with Crippen LogP contribution in [-0.2, 0) is 6.61 Å². The van der Waals surface area contributed by atoms with Crippen molar-refractivity contribution in [3.63, 3.8) is 0 Å². The van der Waals surface area contributed by atoms with E-state index in [-0.39, 0.29) is 6.79 Å². The van der Waals surface area contributed by atoms with E-state index in [9.17, 15) is 0 Å². The highest BCUT2D eigenvalue weighted by Crippen LogP contribution is 2.33. The zero-order valence-corrected chi connectivity index (χ0v) is 16.2. The molecular weight excluding hydrogens is 380 g/mol. The molecule has 0 radical (unpaired) electrons. The SMILES string of the molecule is COc1cc(/C=N\n2c(C)n[nH]c2=S)ccc1OCc1ccc2c(c1)OCO2. The standard InChI is InChI=1S/C19H18N4O4S/c1-12-21-22-19(28)23(12)20-9-13-3-5-15(17(7-13)24-2)25-10-14-4-6-16-18(8-14)27-11-26-16/h3-9H,10-11H2,1-2H3,(H,22,28)/b20-9-. The molecule has 2 aromatic carbocycles. The normalized spacial score (nSPS) is 12.5. The van der Waals surface area contributed by atoms with Gasteiger partial charge in [0.15, 0.2) is 23.0 Å². The van der Waals surface area contributed by atoms with E-state index in [4.69, 9.17) is 31.2 Å². The molecule has 0 amide bonds. The Bertz CT molecular complexity index is 1090. The maximum atomic E-state index is 5.91. The van der Waals surface area contributed by atoms with Crippen LogP contribution in [0.1, 0.15) is 17.0 Å². The quantitative estimate of drug-likeness (QED) is 0.506. The molecule has 1 aromatic heterocycles. The zero-order chi connectivity index (χ0) is 19.5. The first-order valence-corrected chi connectivity index (χ1v) is 8.92. The number of hydrogen-bond acceptors (Lipinski definition) is 7. The molecule has 0 bridgehead atoms. The third-order valence-electron chi connectivity index (χ3n) is 4.15. The van der Waals surface area contributed by atoms with Crippen molar-refractivity contribution in [2.75, 3.05) is 13.9 Å². The number of fused-ring (bicyclic) bond motifs is 1.